The van der Waals surface area contributed by atoms with E-state index in [9.17, 15) is 0 Å². The van der Waals surface area contributed by atoms with E-state index in [4.69, 9.17) is 0 Å². The Morgan fingerprint density at radius 1 is 0.955 bits per heavy atom. The van der Waals surface area contributed by atoms with Gasteiger partial charge in [0.05, 0.1) is 0 Å². The van der Waals surface area contributed by atoms with Gasteiger partial charge in [0.2, 0.25) is 0 Å². The molecule has 1 atom stereocenters. The van der Waals surface area contributed by atoms with E-state index in [0.29, 0.717) is 5.25 Å². The molecule has 118 valence electrons. The van der Waals surface area contributed by atoms with Gasteiger partial charge in [0.15, 0.2) is 0 Å². The normalized spacial score (nSPS) is 13.1. The fourth-order valence-corrected chi connectivity index (χ4v) is 4.07. The number of hydrogen-bond donors (Lipinski definition) is 1. The largest absolute Gasteiger partial charge is 0.320 e. The molecule has 1 unspecified atom stereocenters. The molecule has 0 fully saturated rings. The maximum Gasteiger partial charge on any atom is 0.0356 e. The number of benzene rings is 2. The Balaban J connectivity index is 2.28. The van der Waals surface area contributed by atoms with Crippen molar-refractivity contribution >= 4 is 11.8 Å². The van der Waals surface area contributed by atoms with Crippen LogP contribution in [0.4, 0.5) is 0 Å². The lowest BCUT2D eigenvalue weighted by molar-refractivity contribution is 0.577. The third-order valence-corrected chi connectivity index (χ3v) is 5.19. The van der Waals surface area contributed by atoms with Crippen molar-refractivity contribution < 1.29 is 0 Å². The second-order valence-electron chi connectivity index (χ2n) is 6.66. The Morgan fingerprint density at radius 3 is 2.23 bits per heavy atom. The summed E-state index contributed by atoms with van der Waals surface area (Å²) < 4.78 is 0. The van der Waals surface area contributed by atoms with Crippen molar-refractivity contribution in [3.05, 3.63) is 65.7 Å². The molecule has 0 saturated heterocycles. The first-order valence-electron chi connectivity index (χ1n) is 7.98. The van der Waals surface area contributed by atoms with Crippen LogP contribution in [-0.4, -0.2) is 13.6 Å². The minimum absolute atomic E-state index is 0.174. The predicted octanol–water partition coefficient (Wildman–Crippen LogP) is 5.43. The van der Waals surface area contributed by atoms with Gasteiger partial charge in [-0.2, -0.15) is 0 Å². The second kappa shape index (κ2) is 7.85. The molecule has 0 aliphatic rings. The van der Waals surface area contributed by atoms with E-state index in [1.54, 1.807) is 0 Å². The molecule has 2 rings (SSSR count). The number of hydrogen-bond acceptors (Lipinski definition) is 2. The van der Waals surface area contributed by atoms with Crippen molar-refractivity contribution in [1.29, 1.82) is 0 Å². The lowest BCUT2D eigenvalue weighted by Gasteiger charge is -2.25. The van der Waals surface area contributed by atoms with Crippen molar-refractivity contribution in [1.82, 2.24) is 5.32 Å². The topological polar surface area (TPSA) is 12.0 Å². The summed E-state index contributed by atoms with van der Waals surface area (Å²) in [6, 6.07) is 19.7. The van der Waals surface area contributed by atoms with E-state index in [2.05, 4.69) is 80.7 Å². The molecule has 0 aromatic heterocycles. The van der Waals surface area contributed by atoms with E-state index >= 15 is 0 Å². The van der Waals surface area contributed by atoms with Crippen molar-refractivity contribution in [2.24, 2.45) is 0 Å². The van der Waals surface area contributed by atoms with Crippen LogP contribution >= 0.6 is 11.8 Å². The first-order chi connectivity index (χ1) is 10.5. The molecule has 1 N–H and O–H groups in total. The molecule has 0 bridgehead atoms. The van der Waals surface area contributed by atoms with Crippen LogP contribution in [0.15, 0.2) is 59.5 Å². The molecule has 2 aromatic rings. The van der Waals surface area contributed by atoms with E-state index < -0.39 is 0 Å². The van der Waals surface area contributed by atoms with Crippen molar-refractivity contribution in [3.8, 4) is 0 Å². The average Bonchev–Trinajstić information content (AvgIpc) is 2.51. The van der Waals surface area contributed by atoms with Gasteiger partial charge >= 0.3 is 0 Å². The first-order valence-corrected chi connectivity index (χ1v) is 8.86. The zero-order valence-electron chi connectivity index (χ0n) is 14.1. The summed E-state index contributed by atoms with van der Waals surface area (Å²) in [5.74, 6) is 0. The SMILES string of the molecule is CNCCC(Sc1ccccc1C(C)(C)C)c1ccccc1. The van der Waals surface area contributed by atoms with Gasteiger partial charge in [-0.05, 0) is 42.6 Å². The molecular formula is C20H27NS. The highest BCUT2D eigenvalue weighted by Gasteiger charge is 2.20. The molecule has 0 aliphatic heterocycles. The molecule has 0 aliphatic carbocycles. The Labute approximate surface area is 139 Å². The minimum atomic E-state index is 0.174. The predicted molar refractivity (Wildman–Crippen MR) is 98.7 cm³/mol. The lowest BCUT2D eigenvalue weighted by atomic mass is 9.87. The lowest BCUT2D eigenvalue weighted by Crippen LogP contribution is -2.14. The van der Waals surface area contributed by atoms with Gasteiger partial charge in [0.25, 0.3) is 0 Å². The van der Waals surface area contributed by atoms with E-state index in [0.717, 1.165) is 13.0 Å². The molecule has 0 heterocycles. The third-order valence-electron chi connectivity index (χ3n) is 3.79. The second-order valence-corrected chi connectivity index (χ2v) is 7.90. The van der Waals surface area contributed by atoms with Gasteiger partial charge in [-0.1, -0.05) is 69.3 Å². The van der Waals surface area contributed by atoms with Crippen molar-refractivity contribution in [3.63, 3.8) is 0 Å². The molecule has 22 heavy (non-hydrogen) atoms. The molecule has 2 aromatic carbocycles. The monoisotopic (exact) mass is 313 g/mol. The van der Waals surface area contributed by atoms with Gasteiger partial charge in [0, 0.05) is 10.1 Å². The molecular weight excluding hydrogens is 286 g/mol. The molecule has 0 radical (unpaired) electrons. The maximum atomic E-state index is 3.29. The van der Waals surface area contributed by atoms with Gasteiger partial charge in [-0.15, -0.1) is 11.8 Å². The van der Waals surface area contributed by atoms with E-state index in [1.807, 2.05) is 18.8 Å². The summed E-state index contributed by atoms with van der Waals surface area (Å²) in [6.45, 7) is 7.90. The van der Waals surface area contributed by atoms with Crippen LogP contribution in [0.1, 0.15) is 43.6 Å². The number of thioether (sulfide) groups is 1. The Hall–Kier alpha value is -1.25. The Kier molecular flexibility index (Phi) is 6.10. The summed E-state index contributed by atoms with van der Waals surface area (Å²) in [6.07, 6.45) is 1.13. The van der Waals surface area contributed by atoms with Crippen LogP contribution in [0.25, 0.3) is 0 Å². The van der Waals surface area contributed by atoms with Crippen LogP contribution in [0.2, 0.25) is 0 Å². The zero-order chi connectivity index (χ0) is 16.0. The van der Waals surface area contributed by atoms with Crippen molar-refractivity contribution in [2.45, 2.75) is 42.8 Å². The molecule has 2 heteroatoms. The smallest absolute Gasteiger partial charge is 0.0356 e. The number of nitrogens with one attached hydrogen (secondary N) is 1. The Morgan fingerprint density at radius 2 is 1.59 bits per heavy atom. The van der Waals surface area contributed by atoms with E-state index in [-0.39, 0.29) is 5.41 Å². The zero-order valence-corrected chi connectivity index (χ0v) is 14.9. The van der Waals surface area contributed by atoms with Gasteiger partial charge in [-0.25, -0.2) is 0 Å². The highest BCUT2D eigenvalue weighted by Crippen LogP contribution is 2.41. The quantitative estimate of drug-likeness (QED) is 0.714. The van der Waals surface area contributed by atoms with Gasteiger partial charge in [0.1, 0.15) is 0 Å². The highest BCUT2D eigenvalue weighted by molar-refractivity contribution is 7.99. The van der Waals surface area contributed by atoms with Crippen LogP contribution in [0, 0.1) is 0 Å². The van der Waals surface area contributed by atoms with Gasteiger partial charge in [-0.3, -0.25) is 0 Å². The summed E-state index contributed by atoms with van der Waals surface area (Å²) in [4.78, 5) is 1.40. The van der Waals surface area contributed by atoms with Gasteiger partial charge < -0.3 is 5.32 Å². The van der Waals surface area contributed by atoms with E-state index in [1.165, 1.54) is 16.0 Å². The van der Waals surface area contributed by atoms with Crippen LogP contribution in [0.5, 0.6) is 0 Å². The van der Waals surface area contributed by atoms with Crippen LogP contribution < -0.4 is 5.32 Å². The van der Waals surface area contributed by atoms with Crippen molar-refractivity contribution in [2.75, 3.05) is 13.6 Å². The Bertz CT molecular complexity index is 572. The molecule has 0 spiro atoms. The maximum absolute atomic E-state index is 3.29. The first kappa shape index (κ1) is 17.1. The average molecular weight is 314 g/mol. The van der Waals surface area contributed by atoms with Crippen LogP contribution in [0.3, 0.4) is 0 Å². The summed E-state index contributed by atoms with van der Waals surface area (Å²) in [5, 5.41) is 3.77. The summed E-state index contributed by atoms with van der Waals surface area (Å²) in [7, 11) is 2.02. The summed E-state index contributed by atoms with van der Waals surface area (Å²) >= 11 is 2.00. The summed E-state index contributed by atoms with van der Waals surface area (Å²) in [5.41, 5.74) is 3.02. The number of rotatable bonds is 6. The fourth-order valence-electron chi connectivity index (χ4n) is 2.58. The minimum Gasteiger partial charge on any atom is -0.320 e. The molecule has 1 nitrogen and oxygen atoms in total. The molecule has 0 saturated carbocycles. The third kappa shape index (κ3) is 4.62. The van der Waals surface area contributed by atoms with Crippen LogP contribution in [-0.2, 0) is 5.41 Å². The standard InChI is InChI=1S/C20H27NS/c1-20(2,3)17-12-8-9-13-19(17)22-18(14-15-21-4)16-10-6-5-7-11-16/h5-13,18,21H,14-15H2,1-4H3. The molecule has 0 amide bonds. The fraction of sp³-hybridized carbons (Fsp3) is 0.400. The highest BCUT2D eigenvalue weighted by atomic mass is 32.2.